The van der Waals surface area contributed by atoms with Gasteiger partial charge in [-0.1, -0.05) is 0 Å². The maximum Gasteiger partial charge on any atom is 0.410 e. The number of carbonyl (C=O) groups excluding carboxylic acids is 4. The standard InChI is InChI=1S/C18H28N2O8/c1-18(2,3)28-17(24)19(8-9-27-11-10-25-4)12-13(16(23)26-5)20-14(21)6-7-15(20)22/h6-7,13H,8-12H2,1-5H3/t13-/m0/s1. The van der Waals surface area contributed by atoms with Gasteiger partial charge in [0.1, 0.15) is 5.60 Å². The Morgan fingerprint density at radius 3 is 2.18 bits per heavy atom. The molecular weight excluding hydrogens is 372 g/mol. The molecule has 0 saturated carbocycles. The summed E-state index contributed by atoms with van der Waals surface area (Å²) < 4.78 is 20.3. The summed E-state index contributed by atoms with van der Waals surface area (Å²) in [6, 6.07) is -1.30. The zero-order valence-corrected chi connectivity index (χ0v) is 16.9. The highest BCUT2D eigenvalue weighted by atomic mass is 16.6. The van der Waals surface area contributed by atoms with Crippen molar-refractivity contribution in [2.45, 2.75) is 32.4 Å². The van der Waals surface area contributed by atoms with Gasteiger partial charge < -0.3 is 23.8 Å². The Kier molecular flexibility index (Phi) is 9.07. The van der Waals surface area contributed by atoms with Crippen molar-refractivity contribution in [3.8, 4) is 0 Å². The second-order valence-corrected chi connectivity index (χ2v) is 6.95. The lowest BCUT2D eigenvalue weighted by Gasteiger charge is -2.32. The van der Waals surface area contributed by atoms with Crippen LogP contribution in [0.15, 0.2) is 12.2 Å². The topological polar surface area (TPSA) is 112 Å². The van der Waals surface area contributed by atoms with E-state index in [1.54, 1.807) is 20.8 Å². The molecule has 1 aliphatic heterocycles. The first kappa shape index (κ1) is 23.6. The van der Waals surface area contributed by atoms with E-state index in [2.05, 4.69) is 0 Å². The Bertz CT molecular complexity index is 593. The van der Waals surface area contributed by atoms with Gasteiger partial charge in [-0.25, -0.2) is 9.59 Å². The minimum Gasteiger partial charge on any atom is -0.467 e. The lowest BCUT2D eigenvalue weighted by Crippen LogP contribution is -2.53. The summed E-state index contributed by atoms with van der Waals surface area (Å²) in [5, 5.41) is 0. The number of nitrogens with zero attached hydrogens (tertiary/aromatic N) is 2. The van der Waals surface area contributed by atoms with Crippen LogP contribution in [-0.4, -0.2) is 92.4 Å². The Morgan fingerprint density at radius 2 is 1.68 bits per heavy atom. The molecule has 10 nitrogen and oxygen atoms in total. The quantitative estimate of drug-likeness (QED) is 0.293. The summed E-state index contributed by atoms with van der Waals surface area (Å²) in [7, 11) is 2.68. The van der Waals surface area contributed by atoms with Crippen molar-refractivity contribution in [1.29, 1.82) is 0 Å². The van der Waals surface area contributed by atoms with E-state index in [9.17, 15) is 19.2 Å². The van der Waals surface area contributed by atoms with Crippen LogP contribution in [0.3, 0.4) is 0 Å². The number of hydrogen-bond acceptors (Lipinski definition) is 8. The van der Waals surface area contributed by atoms with Crippen LogP contribution in [0.25, 0.3) is 0 Å². The number of carbonyl (C=O) groups is 4. The van der Waals surface area contributed by atoms with Crippen LogP contribution in [0.5, 0.6) is 0 Å². The number of hydrogen-bond donors (Lipinski definition) is 0. The van der Waals surface area contributed by atoms with E-state index in [0.717, 1.165) is 24.2 Å². The van der Waals surface area contributed by atoms with E-state index in [-0.39, 0.29) is 19.7 Å². The van der Waals surface area contributed by atoms with Crippen LogP contribution in [0.2, 0.25) is 0 Å². The van der Waals surface area contributed by atoms with Crippen molar-refractivity contribution in [3.63, 3.8) is 0 Å². The average Bonchev–Trinajstić information content (AvgIpc) is 2.94. The van der Waals surface area contributed by atoms with Crippen molar-refractivity contribution in [2.75, 3.05) is 47.1 Å². The SMILES string of the molecule is COCCOCCN(C[C@@H](C(=O)OC)N1C(=O)C=CC1=O)C(=O)OC(C)(C)C. The highest BCUT2D eigenvalue weighted by Crippen LogP contribution is 2.15. The molecule has 0 spiro atoms. The molecule has 0 aromatic rings. The van der Waals surface area contributed by atoms with E-state index in [0.29, 0.717) is 13.2 Å². The fraction of sp³-hybridized carbons (Fsp3) is 0.667. The lowest BCUT2D eigenvalue weighted by molar-refractivity contribution is -0.156. The predicted octanol–water partition coefficient (Wildman–Crippen LogP) is 0.353. The molecule has 28 heavy (non-hydrogen) atoms. The molecule has 0 fully saturated rings. The van der Waals surface area contributed by atoms with E-state index in [1.807, 2.05) is 0 Å². The van der Waals surface area contributed by atoms with Crippen molar-refractivity contribution >= 4 is 23.9 Å². The molecular formula is C18H28N2O8. The minimum atomic E-state index is -1.30. The van der Waals surface area contributed by atoms with Gasteiger partial charge in [0.2, 0.25) is 0 Å². The molecule has 1 heterocycles. The lowest BCUT2D eigenvalue weighted by atomic mass is 10.2. The van der Waals surface area contributed by atoms with Gasteiger partial charge in [0.05, 0.1) is 33.5 Å². The normalized spacial score (nSPS) is 15.0. The summed E-state index contributed by atoms with van der Waals surface area (Å²) in [6.45, 7) is 5.76. The van der Waals surface area contributed by atoms with E-state index >= 15 is 0 Å². The summed E-state index contributed by atoms with van der Waals surface area (Å²) in [6.07, 6.45) is 1.41. The second kappa shape index (κ2) is 10.8. The van der Waals surface area contributed by atoms with Gasteiger partial charge in [0.25, 0.3) is 11.8 Å². The Hall–Kier alpha value is -2.46. The van der Waals surface area contributed by atoms with Crippen LogP contribution >= 0.6 is 0 Å². The number of amides is 3. The van der Waals surface area contributed by atoms with Crippen LogP contribution in [0.1, 0.15) is 20.8 Å². The van der Waals surface area contributed by atoms with E-state index in [4.69, 9.17) is 18.9 Å². The first-order valence-corrected chi connectivity index (χ1v) is 8.78. The first-order chi connectivity index (χ1) is 13.1. The smallest absolute Gasteiger partial charge is 0.410 e. The summed E-state index contributed by atoms with van der Waals surface area (Å²) in [5.41, 5.74) is -0.770. The molecule has 0 aromatic heterocycles. The second-order valence-electron chi connectivity index (χ2n) is 6.95. The Morgan fingerprint density at radius 1 is 1.07 bits per heavy atom. The Labute approximate surface area is 164 Å². The third-order valence-corrected chi connectivity index (χ3v) is 3.61. The number of rotatable bonds is 10. The minimum absolute atomic E-state index is 0.0791. The third kappa shape index (κ3) is 7.28. The van der Waals surface area contributed by atoms with E-state index < -0.39 is 35.5 Å². The zero-order valence-electron chi connectivity index (χ0n) is 16.9. The van der Waals surface area contributed by atoms with Gasteiger partial charge in [-0.15, -0.1) is 0 Å². The molecule has 0 aromatic carbocycles. The molecule has 1 rings (SSSR count). The van der Waals surface area contributed by atoms with Gasteiger partial charge in [-0.3, -0.25) is 14.5 Å². The van der Waals surface area contributed by atoms with Crippen LogP contribution in [0.4, 0.5) is 4.79 Å². The van der Waals surface area contributed by atoms with Gasteiger partial charge in [-0.05, 0) is 20.8 Å². The largest absolute Gasteiger partial charge is 0.467 e. The number of methoxy groups -OCH3 is 2. The maximum atomic E-state index is 12.6. The van der Waals surface area contributed by atoms with Crippen molar-refractivity contribution < 1.29 is 38.1 Å². The van der Waals surface area contributed by atoms with Gasteiger partial charge in [0, 0.05) is 25.8 Å². The summed E-state index contributed by atoms with van der Waals surface area (Å²) in [4.78, 5) is 50.8. The highest BCUT2D eigenvalue weighted by molar-refractivity contribution is 6.14. The summed E-state index contributed by atoms with van der Waals surface area (Å²) >= 11 is 0. The number of imide groups is 1. The average molecular weight is 400 g/mol. The number of esters is 1. The van der Waals surface area contributed by atoms with Gasteiger partial charge in [0.15, 0.2) is 6.04 Å². The third-order valence-electron chi connectivity index (χ3n) is 3.61. The fourth-order valence-corrected chi connectivity index (χ4v) is 2.33. The molecule has 0 N–H and O–H groups in total. The van der Waals surface area contributed by atoms with Crippen LogP contribution in [0, 0.1) is 0 Å². The molecule has 10 heteroatoms. The highest BCUT2D eigenvalue weighted by Gasteiger charge is 2.39. The zero-order chi connectivity index (χ0) is 21.3. The molecule has 0 saturated heterocycles. The first-order valence-electron chi connectivity index (χ1n) is 8.78. The van der Waals surface area contributed by atoms with Gasteiger partial charge in [-0.2, -0.15) is 0 Å². The van der Waals surface area contributed by atoms with Crippen molar-refractivity contribution in [3.05, 3.63) is 12.2 Å². The Balaban J connectivity index is 2.94. The molecule has 158 valence electrons. The molecule has 1 aliphatic rings. The van der Waals surface area contributed by atoms with Crippen LogP contribution < -0.4 is 0 Å². The van der Waals surface area contributed by atoms with Gasteiger partial charge >= 0.3 is 12.1 Å². The molecule has 0 unspecified atom stereocenters. The molecule has 0 bridgehead atoms. The van der Waals surface area contributed by atoms with E-state index in [1.165, 1.54) is 12.0 Å². The molecule has 0 aliphatic carbocycles. The van der Waals surface area contributed by atoms with Crippen molar-refractivity contribution in [1.82, 2.24) is 9.80 Å². The number of ether oxygens (including phenoxy) is 4. The maximum absolute atomic E-state index is 12.6. The van der Waals surface area contributed by atoms with Crippen molar-refractivity contribution in [2.24, 2.45) is 0 Å². The predicted molar refractivity (Wildman–Crippen MR) is 97.3 cm³/mol. The molecule has 1 atom stereocenters. The summed E-state index contributed by atoms with van der Waals surface area (Å²) in [5.74, 6) is -2.12. The molecule has 3 amide bonds. The molecule has 0 radical (unpaired) electrons. The van der Waals surface area contributed by atoms with Crippen LogP contribution in [-0.2, 0) is 33.3 Å². The fourth-order valence-electron chi connectivity index (χ4n) is 2.33. The monoisotopic (exact) mass is 400 g/mol.